The molecule has 1 aliphatic heterocycles. The van der Waals surface area contributed by atoms with E-state index in [-0.39, 0.29) is 30.6 Å². The van der Waals surface area contributed by atoms with E-state index in [9.17, 15) is 29.8 Å². The smallest absolute Gasteiger partial charge is 0.286 e. The predicted molar refractivity (Wildman–Crippen MR) is 81.7 cm³/mol. The first-order chi connectivity index (χ1) is 10.8. The van der Waals surface area contributed by atoms with Gasteiger partial charge in [-0.1, -0.05) is 0 Å². The lowest BCUT2D eigenvalue weighted by Crippen LogP contribution is -2.14. The van der Waals surface area contributed by atoms with E-state index in [2.05, 4.69) is 0 Å². The number of rotatable bonds is 6. The molecule has 1 aliphatic rings. The van der Waals surface area contributed by atoms with Crippen LogP contribution in [0.1, 0.15) is 12.0 Å². The highest BCUT2D eigenvalue weighted by Crippen LogP contribution is 2.34. The van der Waals surface area contributed by atoms with Gasteiger partial charge in [-0.05, 0) is 12.1 Å². The molecule has 134 valence electrons. The molecule has 10 nitrogen and oxygen atoms in total. The molecule has 0 radical (unpaired) electrons. The fourth-order valence-electron chi connectivity index (χ4n) is 2.38. The number of hydrogen-bond acceptors (Lipinski definition) is 6. The van der Waals surface area contributed by atoms with Crippen LogP contribution in [0, 0.1) is 0 Å². The van der Waals surface area contributed by atoms with Crippen LogP contribution in [0.3, 0.4) is 0 Å². The minimum Gasteiger partial charge on any atom is -0.286 e. The third-order valence-corrected chi connectivity index (χ3v) is 5.83. The lowest BCUT2D eigenvalue weighted by atomic mass is 10.1. The van der Waals surface area contributed by atoms with Crippen LogP contribution in [0.2, 0.25) is 0 Å². The zero-order chi connectivity index (χ0) is 18.3. The first kappa shape index (κ1) is 19.0. The fourth-order valence-corrected chi connectivity index (χ4v) is 4.28. The number of benzene rings is 1. The van der Waals surface area contributed by atoms with Gasteiger partial charge in [-0.25, -0.2) is 4.58 Å². The van der Waals surface area contributed by atoms with Crippen molar-refractivity contribution in [3.63, 3.8) is 0 Å². The highest BCUT2D eigenvalue weighted by molar-refractivity contribution is 7.86. The van der Waals surface area contributed by atoms with E-state index in [1.807, 2.05) is 0 Å². The van der Waals surface area contributed by atoms with Crippen molar-refractivity contribution in [2.24, 2.45) is 0 Å². The topological polar surface area (TPSA) is 166 Å². The van der Waals surface area contributed by atoms with Gasteiger partial charge in [0.2, 0.25) is 5.69 Å². The quantitative estimate of drug-likeness (QED) is 0.430. The summed E-state index contributed by atoms with van der Waals surface area (Å²) in [6.07, 6.45) is 1.57. The molecule has 0 bridgehead atoms. The van der Waals surface area contributed by atoms with Gasteiger partial charge < -0.3 is 0 Å². The Bertz CT molecular complexity index is 1020. The SMILES string of the molecule is O=S(=O)(O)CCC[N+]1=CCc2cc(S(=O)(=O)O)cc(S(=O)(=O)O)c21. The number of fused-ring (bicyclic) bond motifs is 1. The van der Waals surface area contributed by atoms with E-state index in [4.69, 9.17) is 9.11 Å². The maximum atomic E-state index is 11.6. The van der Waals surface area contributed by atoms with E-state index >= 15 is 0 Å². The molecule has 0 aliphatic carbocycles. The molecule has 1 aromatic rings. The Kier molecular flexibility index (Phi) is 4.87. The first-order valence-corrected chi connectivity index (χ1v) is 10.9. The van der Waals surface area contributed by atoms with Crippen LogP contribution < -0.4 is 0 Å². The molecule has 0 atom stereocenters. The van der Waals surface area contributed by atoms with Gasteiger partial charge >= 0.3 is 10.1 Å². The summed E-state index contributed by atoms with van der Waals surface area (Å²) in [6, 6.07) is 1.69. The zero-order valence-corrected chi connectivity index (χ0v) is 14.5. The summed E-state index contributed by atoms with van der Waals surface area (Å²) in [5.74, 6) is -0.545. The van der Waals surface area contributed by atoms with E-state index < -0.39 is 45.9 Å². The monoisotopic (exact) mass is 400 g/mol. The molecule has 3 N–H and O–H groups in total. The molecule has 24 heavy (non-hydrogen) atoms. The Morgan fingerprint density at radius 3 is 2.08 bits per heavy atom. The lowest BCUT2D eigenvalue weighted by molar-refractivity contribution is -0.435. The van der Waals surface area contributed by atoms with Crippen molar-refractivity contribution in [1.29, 1.82) is 0 Å². The van der Waals surface area contributed by atoms with Gasteiger partial charge in [-0.2, -0.15) is 25.3 Å². The Morgan fingerprint density at radius 1 is 0.958 bits per heavy atom. The Hall–Kier alpha value is -1.38. The fraction of sp³-hybridized carbons (Fsp3) is 0.364. The minimum absolute atomic E-state index is 0.000220. The highest BCUT2D eigenvalue weighted by Gasteiger charge is 2.33. The predicted octanol–water partition coefficient (Wildman–Crippen LogP) is -0.271. The van der Waals surface area contributed by atoms with E-state index in [1.165, 1.54) is 10.8 Å². The summed E-state index contributed by atoms with van der Waals surface area (Å²) >= 11 is 0. The van der Waals surface area contributed by atoms with Gasteiger partial charge in [-0.3, -0.25) is 13.7 Å². The normalized spacial score (nSPS) is 15.2. The van der Waals surface area contributed by atoms with Crippen LogP contribution in [-0.2, 0) is 36.8 Å². The van der Waals surface area contributed by atoms with Crippen molar-refractivity contribution >= 4 is 42.3 Å². The zero-order valence-electron chi connectivity index (χ0n) is 12.0. The van der Waals surface area contributed by atoms with Crippen molar-refractivity contribution in [2.75, 3.05) is 12.3 Å². The van der Waals surface area contributed by atoms with Gasteiger partial charge in [0.15, 0.2) is 11.1 Å². The Morgan fingerprint density at radius 2 is 1.58 bits per heavy atom. The number of hydrogen-bond donors (Lipinski definition) is 3. The molecule has 1 aromatic carbocycles. The van der Waals surface area contributed by atoms with Crippen molar-refractivity contribution in [3.05, 3.63) is 17.7 Å². The molecule has 13 heteroatoms. The van der Waals surface area contributed by atoms with Crippen LogP contribution in [0.4, 0.5) is 5.69 Å². The van der Waals surface area contributed by atoms with Crippen molar-refractivity contribution in [1.82, 2.24) is 0 Å². The molecular formula is C11H14NO9S3+. The standard InChI is InChI=1S/C11H13NO9S3/c13-22(14,15)5-1-3-12-4-2-8-6-9(23(16,17)18)7-10(11(8)12)24(19,20)21/h4,6-7H,1-3,5H2,(H2-,13,14,15,16,17,18,19,20,21)/p+1. The second-order valence-corrected chi connectivity index (χ2v) is 9.48. The van der Waals surface area contributed by atoms with Gasteiger partial charge in [-0.15, -0.1) is 0 Å². The summed E-state index contributed by atoms with van der Waals surface area (Å²) in [5.41, 5.74) is 0.227. The van der Waals surface area contributed by atoms with Gasteiger partial charge in [0.05, 0.1) is 17.1 Å². The molecule has 0 unspecified atom stereocenters. The van der Waals surface area contributed by atoms with Crippen molar-refractivity contribution < 1.29 is 43.5 Å². The second kappa shape index (κ2) is 6.16. The molecule has 0 saturated carbocycles. The maximum Gasteiger partial charge on any atom is 0.301 e. The van der Waals surface area contributed by atoms with E-state index in [0.717, 1.165) is 6.07 Å². The number of nitrogens with zero attached hydrogens (tertiary/aromatic N) is 1. The lowest BCUT2D eigenvalue weighted by Gasteiger charge is -2.07. The van der Waals surface area contributed by atoms with Crippen molar-refractivity contribution in [3.8, 4) is 0 Å². The van der Waals surface area contributed by atoms with Crippen LogP contribution in [0.5, 0.6) is 0 Å². The summed E-state index contributed by atoms with van der Waals surface area (Å²) < 4.78 is 95.5. The molecule has 1 heterocycles. The van der Waals surface area contributed by atoms with Crippen LogP contribution in [0.15, 0.2) is 21.9 Å². The van der Waals surface area contributed by atoms with Gasteiger partial charge in [0.25, 0.3) is 20.2 Å². The first-order valence-electron chi connectivity index (χ1n) is 6.46. The van der Waals surface area contributed by atoms with Crippen LogP contribution >= 0.6 is 0 Å². The molecule has 2 rings (SSSR count). The molecule has 0 saturated heterocycles. The second-order valence-electron chi connectivity index (χ2n) is 5.10. The third kappa shape index (κ3) is 4.37. The summed E-state index contributed by atoms with van der Waals surface area (Å²) in [6.45, 7) is 0.0144. The Labute approximate surface area is 138 Å². The maximum absolute atomic E-state index is 11.6. The average molecular weight is 400 g/mol. The van der Waals surface area contributed by atoms with Crippen LogP contribution in [-0.4, -0.2) is 62.0 Å². The van der Waals surface area contributed by atoms with Crippen molar-refractivity contribution in [2.45, 2.75) is 22.6 Å². The van der Waals surface area contributed by atoms with Gasteiger partial charge in [0, 0.05) is 12.0 Å². The summed E-state index contributed by atoms with van der Waals surface area (Å²) in [5, 5.41) is 0. The molecular weight excluding hydrogens is 386 g/mol. The molecule has 0 spiro atoms. The van der Waals surface area contributed by atoms with E-state index in [1.54, 1.807) is 0 Å². The summed E-state index contributed by atoms with van der Waals surface area (Å²) in [7, 11) is -13.7. The van der Waals surface area contributed by atoms with Crippen LogP contribution in [0.25, 0.3) is 0 Å². The third-order valence-electron chi connectivity index (χ3n) is 3.32. The largest absolute Gasteiger partial charge is 0.301 e. The minimum atomic E-state index is -4.80. The molecule has 0 aromatic heterocycles. The summed E-state index contributed by atoms with van der Waals surface area (Å²) in [4.78, 5) is -1.39. The van der Waals surface area contributed by atoms with E-state index in [0.29, 0.717) is 6.07 Å². The van der Waals surface area contributed by atoms with Gasteiger partial charge in [0.1, 0.15) is 6.54 Å². The average Bonchev–Trinajstić information content (AvgIpc) is 2.77. The molecule has 0 fully saturated rings. The highest BCUT2D eigenvalue weighted by atomic mass is 32.2. The Balaban J connectivity index is 2.49. The molecule has 0 amide bonds.